The van der Waals surface area contributed by atoms with Gasteiger partial charge < -0.3 is 5.73 Å². The lowest BCUT2D eigenvalue weighted by molar-refractivity contribution is -0.383. The van der Waals surface area contributed by atoms with E-state index in [4.69, 9.17) is 5.73 Å². The van der Waals surface area contributed by atoms with Crippen LogP contribution in [-0.2, 0) is 6.54 Å². The van der Waals surface area contributed by atoms with Gasteiger partial charge in [0, 0.05) is 24.7 Å². The first-order valence-corrected chi connectivity index (χ1v) is 6.77. The highest BCUT2D eigenvalue weighted by molar-refractivity contribution is 5.59. The highest BCUT2D eigenvalue weighted by Gasteiger charge is 2.24. The average molecular weight is 263 g/mol. The smallest absolute Gasteiger partial charge is 0.292 e. The van der Waals surface area contributed by atoms with Gasteiger partial charge in [0.25, 0.3) is 5.69 Å². The van der Waals surface area contributed by atoms with Gasteiger partial charge >= 0.3 is 0 Å². The molecular weight excluding hydrogens is 242 g/mol. The summed E-state index contributed by atoms with van der Waals surface area (Å²) in [6.45, 7) is 5.29. The van der Waals surface area contributed by atoms with Crippen LogP contribution in [0.3, 0.4) is 0 Å². The van der Waals surface area contributed by atoms with E-state index < -0.39 is 4.92 Å². The first kappa shape index (κ1) is 13.8. The molecule has 2 unspecified atom stereocenters. The summed E-state index contributed by atoms with van der Waals surface area (Å²) in [5, 5.41) is 10.7. The van der Waals surface area contributed by atoms with Gasteiger partial charge in [-0.1, -0.05) is 12.5 Å². The minimum atomic E-state index is -0.439. The van der Waals surface area contributed by atoms with Crippen LogP contribution in [0.15, 0.2) is 18.2 Å². The zero-order valence-corrected chi connectivity index (χ0v) is 11.5. The summed E-state index contributed by atoms with van der Waals surface area (Å²) in [4.78, 5) is 12.8. The Kier molecular flexibility index (Phi) is 4.04. The van der Waals surface area contributed by atoms with Crippen LogP contribution in [0.1, 0.15) is 38.7 Å². The van der Waals surface area contributed by atoms with Gasteiger partial charge in [-0.3, -0.25) is 15.0 Å². The third-order valence-corrected chi connectivity index (χ3v) is 4.03. The van der Waals surface area contributed by atoms with Crippen LogP contribution < -0.4 is 5.73 Å². The minimum Gasteiger partial charge on any atom is -0.393 e. The van der Waals surface area contributed by atoms with Crippen molar-refractivity contribution in [1.82, 2.24) is 4.90 Å². The molecular formula is C14H21N3O2. The van der Waals surface area contributed by atoms with Crippen molar-refractivity contribution in [2.75, 3.05) is 5.73 Å². The topological polar surface area (TPSA) is 72.4 Å². The maximum Gasteiger partial charge on any atom is 0.292 e. The zero-order chi connectivity index (χ0) is 14.0. The first-order chi connectivity index (χ1) is 8.99. The van der Waals surface area contributed by atoms with Crippen molar-refractivity contribution in [2.24, 2.45) is 0 Å². The Morgan fingerprint density at radius 1 is 1.37 bits per heavy atom. The number of likely N-dealkylation sites (tertiary alicyclic amines) is 1. The molecule has 0 radical (unpaired) electrons. The van der Waals surface area contributed by atoms with Crippen molar-refractivity contribution < 1.29 is 4.92 Å². The second-order valence-corrected chi connectivity index (χ2v) is 5.45. The lowest BCUT2D eigenvalue weighted by Crippen LogP contribution is -2.42. The molecule has 19 heavy (non-hydrogen) atoms. The van der Waals surface area contributed by atoms with Crippen LogP contribution in [-0.4, -0.2) is 21.9 Å². The number of nitro benzene ring substituents is 1. The summed E-state index contributed by atoms with van der Waals surface area (Å²) in [5.41, 5.74) is 7.02. The molecule has 5 nitrogen and oxygen atoms in total. The van der Waals surface area contributed by atoms with Gasteiger partial charge in [0.05, 0.1) is 4.92 Å². The molecule has 1 aromatic carbocycles. The second kappa shape index (κ2) is 5.57. The number of rotatable bonds is 3. The Labute approximate surface area is 113 Å². The third-order valence-electron chi connectivity index (χ3n) is 4.03. The second-order valence-electron chi connectivity index (χ2n) is 5.45. The molecule has 2 N–H and O–H groups in total. The molecule has 1 aliphatic heterocycles. The molecule has 1 fully saturated rings. The fourth-order valence-electron chi connectivity index (χ4n) is 2.87. The Hall–Kier alpha value is -1.62. The van der Waals surface area contributed by atoms with Crippen LogP contribution >= 0.6 is 0 Å². The van der Waals surface area contributed by atoms with Gasteiger partial charge in [0.15, 0.2) is 0 Å². The lowest BCUT2D eigenvalue weighted by atomic mass is 9.96. The molecule has 2 rings (SSSR count). The Bertz CT molecular complexity index is 466. The number of piperidine rings is 1. The van der Waals surface area contributed by atoms with E-state index in [0.717, 1.165) is 12.1 Å². The number of hydrogen-bond donors (Lipinski definition) is 1. The monoisotopic (exact) mass is 263 g/mol. The molecule has 0 aliphatic carbocycles. The SMILES string of the molecule is CC1CCCC(C)N1Cc1ccc([N+](=O)[O-])c(N)c1. The molecule has 0 aromatic heterocycles. The van der Waals surface area contributed by atoms with Crippen LogP contribution in [0.2, 0.25) is 0 Å². The van der Waals surface area contributed by atoms with E-state index in [1.54, 1.807) is 6.07 Å². The molecule has 1 saturated heterocycles. The maximum absolute atomic E-state index is 10.7. The van der Waals surface area contributed by atoms with Crippen molar-refractivity contribution in [3.8, 4) is 0 Å². The van der Waals surface area contributed by atoms with Crippen molar-refractivity contribution in [2.45, 2.75) is 51.7 Å². The van der Waals surface area contributed by atoms with Gasteiger partial charge in [-0.15, -0.1) is 0 Å². The Balaban J connectivity index is 2.14. The number of nitrogen functional groups attached to an aromatic ring is 1. The first-order valence-electron chi connectivity index (χ1n) is 6.77. The van der Waals surface area contributed by atoms with Gasteiger partial charge in [-0.05, 0) is 38.3 Å². The summed E-state index contributed by atoms with van der Waals surface area (Å²) in [6, 6.07) is 6.15. The van der Waals surface area contributed by atoms with Gasteiger partial charge in [-0.2, -0.15) is 0 Å². The number of nitrogens with zero attached hydrogens (tertiary/aromatic N) is 2. The fraction of sp³-hybridized carbons (Fsp3) is 0.571. The summed E-state index contributed by atoms with van der Waals surface area (Å²) < 4.78 is 0. The molecule has 5 heteroatoms. The van der Waals surface area contributed by atoms with Gasteiger partial charge in [0.1, 0.15) is 5.69 Å². The molecule has 1 aromatic rings. The molecule has 0 spiro atoms. The van der Waals surface area contributed by atoms with E-state index in [1.165, 1.54) is 25.3 Å². The predicted octanol–water partition coefficient (Wildman–Crippen LogP) is 2.94. The number of hydrogen-bond acceptors (Lipinski definition) is 4. The Morgan fingerprint density at radius 2 is 2.00 bits per heavy atom. The van der Waals surface area contributed by atoms with Gasteiger partial charge in [-0.25, -0.2) is 0 Å². The standard InChI is InChI=1S/C14H21N3O2/c1-10-4-3-5-11(2)16(10)9-12-6-7-14(17(18)19)13(15)8-12/h6-8,10-11H,3-5,9,15H2,1-2H3. The van der Waals surface area contributed by atoms with Gasteiger partial charge in [0.2, 0.25) is 0 Å². The molecule has 2 atom stereocenters. The molecule has 0 amide bonds. The van der Waals surface area contributed by atoms with E-state index in [1.807, 2.05) is 6.07 Å². The molecule has 1 heterocycles. The fourth-order valence-corrected chi connectivity index (χ4v) is 2.87. The summed E-state index contributed by atoms with van der Waals surface area (Å²) >= 11 is 0. The van der Waals surface area contributed by atoms with E-state index in [0.29, 0.717) is 12.1 Å². The minimum absolute atomic E-state index is 0.0107. The summed E-state index contributed by atoms with van der Waals surface area (Å²) in [5.74, 6) is 0. The van der Waals surface area contributed by atoms with Crippen LogP contribution in [0, 0.1) is 10.1 Å². The predicted molar refractivity (Wildman–Crippen MR) is 75.8 cm³/mol. The largest absolute Gasteiger partial charge is 0.393 e. The van der Waals surface area contributed by atoms with E-state index in [9.17, 15) is 10.1 Å². The average Bonchev–Trinajstić information content (AvgIpc) is 2.33. The number of anilines is 1. The summed E-state index contributed by atoms with van der Waals surface area (Å²) in [6.07, 6.45) is 3.71. The molecule has 0 saturated carbocycles. The van der Waals surface area contributed by atoms with Crippen LogP contribution in [0.4, 0.5) is 11.4 Å². The number of nitrogens with two attached hydrogens (primary N) is 1. The number of benzene rings is 1. The highest BCUT2D eigenvalue weighted by Crippen LogP contribution is 2.27. The van der Waals surface area contributed by atoms with Crippen molar-refractivity contribution in [3.63, 3.8) is 0 Å². The third kappa shape index (κ3) is 3.04. The quantitative estimate of drug-likeness (QED) is 0.517. The normalized spacial score (nSPS) is 24.3. The van der Waals surface area contributed by atoms with Crippen molar-refractivity contribution in [1.29, 1.82) is 0 Å². The summed E-state index contributed by atoms with van der Waals surface area (Å²) in [7, 11) is 0. The Morgan fingerprint density at radius 3 is 2.53 bits per heavy atom. The number of nitro groups is 1. The molecule has 1 aliphatic rings. The lowest BCUT2D eigenvalue weighted by Gasteiger charge is -2.39. The van der Waals surface area contributed by atoms with Crippen LogP contribution in [0.5, 0.6) is 0 Å². The maximum atomic E-state index is 10.7. The zero-order valence-electron chi connectivity index (χ0n) is 11.5. The van der Waals surface area contributed by atoms with E-state index in [-0.39, 0.29) is 11.4 Å². The highest BCUT2D eigenvalue weighted by atomic mass is 16.6. The molecule has 0 bridgehead atoms. The van der Waals surface area contributed by atoms with E-state index >= 15 is 0 Å². The van der Waals surface area contributed by atoms with Crippen molar-refractivity contribution >= 4 is 11.4 Å². The van der Waals surface area contributed by atoms with E-state index in [2.05, 4.69) is 18.7 Å². The van der Waals surface area contributed by atoms with Crippen LogP contribution in [0.25, 0.3) is 0 Å². The van der Waals surface area contributed by atoms with Crippen molar-refractivity contribution in [3.05, 3.63) is 33.9 Å². The molecule has 104 valence electrons.